The van der Waals surface area contributed by atoms with Crippen LogP contribution in [0.4, 0.5) is 17.1 Å². The van der Waals surface area contributed by atoms with E-state index >= 15 is 0 Å². The van der Waals surface area contributed by atoms with Gasteiger partial charge in [-0.1, -0.05) is 43.3 Å². The van der Waals surface area contributed by atoms with E-state index in [0.717, 1.165) is 22.9 Å². The van der Waals surface area contributed by atoms with Crippen molar-refractivity contribution < 1.29 is 9.59 Å². The van der Waals surface area contributed by atoms with E-state index in [-0.39, 0.29) is 18.4 Å². The number of benzene rings is 3. The fourth-order valence-electron chi connectivity index (χ4n) is 2.81. The van der Waals surface area contributed by atoms with Crippen LogP contribution in [-0.4, -0.2) is 18.4 Å². The fraction of sp³-hybridized carbons (Fsp3) is 0.182. The van der Waals surface area contributed by atoms with Gasteiger partial charge in [-0.15, -0.1) is 0 Å². The summed E-state index contributed by atoms with van der Waals surface area (Å²) < 4.78 is 0. The SMILES string of the molecule is CCCC(=O)Nc1cccc(NC(=O)CNc2ccc3ccccc3c2)c1. The molecule has 138 valence electrons. The highest BCUT2D eigenvalue weighted by Crippen LogP contribution is 2.19. The molecule has 2 amide bonds. The molecule has 0 aliphatic heterocycles. The molecule has 5 nitrogen and oxygen atoms in total. The van der Waals surface area contributed by atoms with E-state index in [0.29, 0.717) is 17.8 Å². The number of fused-ring (bicyclic) bond motifs is 1. The van der Waals surface area contributed by atoms with E-state index in [1.54, 1.807) is 24.3 Å². The van der Waals surface area contributed by atoms with E-state index in [1.165, 1.54) is 0 Å². The van der Waals surface area contributed by atoms with Crippen LogP contribution in [0, 0.1) is 0 Å². The summed E-state index contributed by atoms with van der Waals surface area (Å²) in [6.45, 7) is 2.11. The fourth-order valence-corrected chi connectivity index (χ4v) is 2.81. The van der Waals surface area contributed by atoms with Gasteiger partial charge in [0, 0.05) is 23.5 Å². The van der Waals surface area contributed by atoms with Gasteiger partial charge in [0.25, 0.3) is 0 Å². The minimum absolute atomic E-state index is 0.0288. The molecule has 0 heterocycles. The molecule has 0 aliphatic carbocycles. The van der Waals surface area contributed by atoms with Crippen molar-refractivity contribution in [3.05, 3.63) is 66.7 Å². The van der Waals surface area contributed by atoms with Crippen LogP contribution in [0.5, 0.6) is 0 Å². The zero-order valence-electron chi connectivity index (χ0n) is 15.3. The first-order valence-corrected chi connectivity index (χ1v) is 9.06. The van der Waals surface area contributed by atoms with Crippen LogP contribution in [0.25, 0.3) is 10.8 Å². The summed E-state index contributed by atoms with van der Waals surface area (Å²) in [7, 11) is 0. The van der Waals surface area contributed by atoms with Crippen molar-refractivity contribution >= 4 is 39.6 Å². The summed E-state index contributed by atoms with van der Waals surface area (Å²) in [6.07, 6.45) is 1.27. The number of anilines is 3. The zero-order valence-corrected chi connectivity index (χ0v) is 15.3. The minimum atomic E-state index is -0.153. The maximum absolute atomic E-state index is 12.2. The molecule has 0 radical (unpaired) electrons. The third kappa shape index (κ3) is 5.31. The van der Waals surface area contributed by atoms with E-state index in [9.17, 15) is 9.59 Å². The van der Waals surface area contributed by atoms with Crippen LogP contribution in [-0.2, 0) is 9.59 Å². The number of hydrogen-bond acceptors (Lipinski definition) is 3. The van der Waals surface area contributed by atoms with Crippen molar-refractivity contribution in [3.63, 3.8) is 0 Å². The lowest BCUT2D eigenvalue weighted by Crippen LogP contribution is -2.21. The lowest BCUT2D eigenvalue weighted by atomic mass is 10.1. The maximum atomic E-state index is 12.2. The number of carbonyl (C=O) groups excluding carboxylic acids is 2. The molecule has 3 aromatic rings. The largest absolute Gasteiger partial charge is 0.376 e. The van der Waals surface area contributed by atoms with E-state index < -0.39 is 0 Å². The molecule has 0 fully saturated rings. The van der Waals surface area contributed by atoms with Gasteiger partial charge in [-0.25, -0.2) is 0 Å². The Morgan fingerprint density at radius 3 is 2.19 bits per heavy atom. The third-order valence-corrected chi connectivity index (χ3v) is 4.11. The van der Waals surface area contributed by atoms with Gasteiger partial charge < -0.3 is 16.0 Å². The Bertz CT molecular complexity index is 953. The lowest BCUT2D eigenvalue weighted by molar-refractivity contribution is -0.116. The predicted molar refractivity (Wildman–Crippen MR) is 111 cm³/mol. The van der Waals surface area contributed by atoms with Crippen molar-refractivity contribution in [3.8, 4) is 0 Å². The lowest BCUT2D eigenvalue weighted by Gasteiger charge is -2.10. The second-order valence-corrected chi connectivity index (χ2v) is 6.34. The Kier molecular flexibility index (Phi) is 6.05. The van der Waals surface area contributed by atoms with Gasteiger partial charge in [-0.2, -0.15) is 0 Å². The van der Waals surface area contributed by atoms with Crippen molar-refractivity contribution in [1.82, 2.24) is 0 Å². The first-order chi connectivity index (χ1) is 13.1. The second kappa shape index (κ2) is 8.85. The van der Waals surface area contributed by atoms with Gasteiger partial charge in [0.1, 0.15) is 0 Å². The molecular formula is C22H23N3O2. The van der Waals surface area contributed by atoms with Gasteiger partial charge in [0.15, 0.2) is 0 Å². The number of carbonyl (C=O) groups is 2. The van der Waals surface area contributed by atoms with Crippen LogP contribution in [0.1, 0.15) is 19.8 Å². The van der Waals surface area contributed by atoms with Crippen molar-refractivity contribution in [1.29, 1.82) is 0 Å². The van der Waals surface area contributed by atoms with E-state index in [4.69, 9.17) is 0 Å². The highest BCUT2D eigenvalue weighted by molar-refractivity contribution is 5.96. The zero-order chi connectivity index (χ0) is 19.1. The Morgan fingerprint density at radius 1 is 0.741 bits per heavy atom. The van der Waals surface area contributed by atoms with E-state index in [2.05, 4.69) is 22.0 Å². The van der Waals surface area contributed by atoms with Crippen molar-refractivity contribution in [2.75, 3.05) is 22.5 Å². The molecule has 0 aliphatic rings. The average Bonchev–Trinajstić information content (AvgIpc) is 2.66. The average molecular weight is 361 g/mol. The molecule has 0 saturated carbocycles. The van der Waals surface area contributed by atoms with Crippen molar-refractivity contribution in [2.45, 2.75) is 19.8 Å². The summed E-state index contributed by atoms with van der Waals surface area (Å²) >= 11 is 0. The number of amides is 2. The molecule has 0 bridgehead atoms. The first kappa shape index (κ1) is 18.5. The summed E-state index contributed by atoms with van der Waals surface area (Å²) in [4.78, 5) is 23.9. The Morgan fingerprint density at radius 2 is 1.44 bits per heavy atom. The Hall–Kier alpha value is -3.34. The highest BCUT2D eigenvalue weighted by atomic mass is 16.2. The van der Waals surface area contributed by atoms with Gasteiger partial charge in [-0.05, 0) is 47.5 Å². The summed E-state index contributed by atoms with van der Waals surface area (Å²) in [5, 5.41) is 11.1. The van der Waals surface area contributed by atoms with Gasteiger partial charge in [0.2, 0.25) is 11.8 Å². The molecule has 0 aromatic heterocycles. The minimum Gasteiger partial charge on any atom is -0.376 e. The molecule has 3 rings (SSSR count). The molecule has 0 unspecified atom stereocenters. The van der Waals surface area contributed by atoms with Crippen LogP contribution >= 0.6 is 0 Å². The van der Waals surface area contributed by atoms with Crippen molar-refractivity contribution in [2.24, 2.45) is 0 Å². The van der Waals surface area contributed by atoms with Gasteiger partial charge >= 0.3 is 0 Å². The van der Waals surface area contributed by atoms with Gasteiger partial charge in [-0.3, -0.25) is 9.59 Å². The first-order valence-electron chi connectivity index (χ1n) is 9.06. The summed E-state index contributed by atoms with van der Waals surface area (Å²) in [5.74, 6) is -0.181. The van der Waals surface area contributed by atoms with Crippen LogP contribution in [0.15, 0.2) is 66.7 Å². The summed E-state index contributed by atoms with van der Waals surface area (Å²) in [5.41, 5.74) is 2.22. The number of nitrogens with one attached hydrogen (secondary N) is 3. The second-order valence-electron chi connectivity index (χ2n) is 6.34. The Balaban J connectivity index is 1.56. The number of hydrogen-bond donors (Lipinski definition) is 3. The molecule has 0 spiro atoms. The quantitative estimate of drug-likeness (QED) is 0.575. The molecule has 0 saturated heterocycles. The molecule has 3 N–H and O–H groups in total. The van der Waals surface area contributed by atoms with Crippen LogP contribution in [0.3, 0.4) is 0 Å². The molecule has 27 heavy (non-hydrogen) atoms. The normalized spacial score (nSPS) is 10.4. The molecule has 5 heteroatoms. The maximum Gasteiger partial charge on any atom is 0.243 e. The molecular weight excluding hydrogens is 338 g/mol. The number of rotatable bonds is 7. The molecule has 3 aromatic carbocycles. The smallest absolute Gasteiger partial charge is 0.243 e. The highest BCUT2D eigenvalue weighted by Gasteiger charge is 2.05. The summed E-state index contributed by atoms with van der Waals surface area (Å²) in [6, 6.07) is 21.2. The predicted octanol–water partition coefficient (Wildman–Crippen LogP) is 4.63. The molecule has 0 atom stereocenters. The van der Waals surface area contributed by atoms with Crippen LogP contribution in [0.2, 0.25) is 0 Å². The standard InChI is InChI=1S/C22H23N3O2/c1-2-6-21(26)24-19-9-5-10-20(14-19)25-22(27)15-23-18-12-11-16-7-3-4-8-17(16)13-18/h3-5,7-14,23H,2,6,15H2,1H3,(H,24,26)(H,25,27). The topological polar surface area (TPSA) is 70.2 Å². The van der Waals surface area contributed by atoms with Crippen LogP contribution < -0.4 is 16.0 Å². The van der Waals surface area contributed by atoms with E-state index in [1.807, 2.05) is 43.3 Å². The Labute approximate surface area is 158 Å². The van der Waals surface area contributed by atoms with Gasteiger partial charge in [0.05, 0.1) is 6.54 Å². The monoisotopic (exact) mass is 361 g/mol. The third-order valence-electron chi connectivity index (χ3n) is 4.11.